The van der Waals surface area contributed by atoms with Gasteiger partial charge in [0.2, 0.25) is 0 Å². The third-order valence-electron chi connectivity index (χ3n) is 3.11. The van der Waals surface area contributed by atoms with Gasteiger partial charge in [-0.3, -0.25) is 4.79 Å². The van der Waals surface area contributed by atoms with Gasteiger partial charge in [-0.05, 0) is 25.5 Å². The van der Waals surface area contributed by atoms with Gasteiger partial charge in [0.05, 0.1) is 16.8 Å². The Morgan fingerprint density at radius 2 is 2.05 bits per heavy atom. The van der Waals surface area contributed by atoms with Gasteiger partial charge in [0.25, 0.3) is 5.91 Å². The van der Waals surface area contributed by atoms with Crippen LogP contribution in [-0.2, 0) is 6.18 Å². The van der Waals surface area contributed by atoms with Crippen LogP contribution in [0, 0.1) is 0 Å². The summed E-state index contributed by atoms with van der Waals surface area (Å²) in [6, 6.07) is 3.52. The highest BCUT2D eigenvalue weighted by molar-refractivity contribution is 6.00. The summed E-state index contributed by atoms with van der Waals surface area (Å²) in [5, 5.41) is 11.3. The Morgan fingerprint density at radius 1 is 1.38 bits per heavy atom. The van der Waals surface area contributed by atoms with Gasteiger partial charge in [-0.2, -0.15) is 13.2 Å². The van der Waals surface area contributed by atoms with Crippen molar-refractivity contribution in [3.05, 3.63) is 29.3 Å². The number of para-hydroxylation sites is 1. The van der Waals surface area contributed by atoms with E-state index in [1.807, 2.05) is 0 Å². The summed E-state index contributed by atoms with van der Waals surface area (Å²) >= 11 is 0. The fourth-order valence-corrected chi connectivity index (χ4v) is 2.07. The van der Waals surface area contributed by atoms with E-state index in [4.69, 9.17) is 5.11 Å². The van der Waals surface area contributed by atoms with Crippen LogP contribution in [0.4, 0.5) is 18.9 Å². The van der Waals surface area contributed by atoms with Gasteiger partial charge in [0, 0.05) is 26.7 Å². The topological polar surface area (TPSA) is 52.6 Å². The number of alkyl halides is 3. The SMILES string of the molecule is CCN(CCCO)C(=O)c1cccc(C(F)(F)F)c1NC. The van der Waals surface area contributed by atoms with Crippen LogP contribution in [0.1, 0.15) is 29.3 Å². The molecule has 0 saturated heterocycles. The van der Waals surface area contributed by atoms with E-state index in [2.05, 4.69) is 5.32 Å². The molecule has 0 aliphatic heterocycles. The number of nitrogens with zero attached hydrogens (tertiary/aromatic N) is 1. The van der Waals surface area contributed by atoms with Gasteiger partial charge in [-0.25, -0.2) is 0 Å². The van der Waals surface area contributed by atoms with Gasteiger partial charge in [-0.15, -0.1) is 0 Å². The molecule has 118 valence electrons. The first kappa shape index (κ1) is 17.3. The molecule has 0 aliphatic rings. The van der Waals surface area contributed by atoms with Crippen LogP contribution in [0.25, 0.3) is 0 Å². The first-order valence-electron chi connectivity index (χ1n) is 6.64. The minimum absolute atomic E-state index is 0.0212. The standard InChI is InChI=1S/C14H19F3N2O2/c1-3-19(8-5-9-20)13(21)10-6-4-7-11(12(10)18-2)14(15,16)17/h4,6-7,18,20H,3,5,8-9H2,1-2H3. The van der Waals surface area contributed by atoms with Gasteiger partial charge >= 0.3 is 6.18 Å². The van der Waals surface area contributed by atoms with Gasteiger partial charge < -0.3 is 15.3 Å². The van der Waals surface area contributed by atoms with Crippen molar-refractivity contribution in [3.63, 3.8) is 0 Å². The fourth-order valence-electron chi connectivity index (χ4n) is 2.07. The summed E-state index contributed by atoms with van der Waals surface area (Å²) < 4.78 is 38.9. The number of hydrogen-bond donors (Lipinski definition) is 2. The lowest BCUT2D eigenvalue weighted by atomic mass is 10.0. The Balaban J connectivity index is 3.20. The van der Waals surface area contributed by atoms with E-state index in [1.165, 1.54) is 24.1 Å². The van der Waals surface area contributed by atoms with Crippen LogP contribution in [0.3, 0.4) is 0 Å². The Labute approximate surface area is 121 Å². The van der Waals surface area contributed by atoms with Crippen LogP contribution in [0.5, 0.6) is 0 Å². The molecular formula is C14H19F3N2O2. The molecule has 1 aromatic rings. The maximum atomic E-state index is 13.0. The molecule has 0 saturated carbocycles. The number of rotatable bonds is 6. The number of anilines is 1. The van der Waals surface area contributed by atoms with Crippen LogP contribution >= 0.6 is 0 Å². The molecule has 4 nitrogen and oxygen atoms in total. The zero-order valence-electron chi connectivity index (χ0n) is 12.0. The van der Waals surface area contributed by atoms with Gasteiger partial charge in [-0.1, -0.05) is 6.07 Å². The first-order valence-corrected chi connectivity index (χ1v) is 6.64. The number of aliphatic hydroxyl groups excluding tert-OH is 1. The molecule has 21 heavy (non-hydrogen) atoms. The highest BCUT2D eigenvalue weighted by Crippen LogP contribution is 2.36. The molecule has 0 spiro atoms. The zero-order chi connectivity index (χ0) is 16.0. The Kier molecular flexibility index (Phi) is 6.02. The van der Waals surface area contributed by atoms with Crippen LogP contribution < -0.4 is 5.32 Å². The van der Waals surface area contributed by atoms with Crippen molar-refractivity contribution in [3.8, 4) is 0 Å². The number of amides is 1. The van der Waals surface area contributed by atoms with Gasteiger partial charge in [0.15, 0.2) is 0 Å². The summed E-state index contributed by atoms with van der Waals surface area (Å²) in [6.45, 7) is 2.32. The van der Waals surface area contributed by atoms with Crippen LogP contribution in [-0.4, -0.2) is 42.7 Å². The van der Waals surface area contributed by atoms with Crippen molar-refractivity contribution < 1.29 is 23.1 Å². The molecule has 1 rings (SSSR count). The molecule has 0 atom stereocenters. The number of carbonyl (C=O) groups excluding carboxylic acids is 1. The first-order chi connectivity index (χ1) is 9.86. The van der Waals surface area contributed by atoms with E-state index >= 15 is 0 Å². The summed E-state index contributed by atoms with van der Waals surface area (Å²) in [5.41, 5.74) is -1.11. The lowest BCUT2D eigenvalue weighted by Gasteiger charge is -2.23. The summed E-state index contributed by atoms with van der Waals surface area (Å²) in [7, 11) is 1.35. The normalized spacial score (nSPS) is 11.3. The number of nitrogens with one attached hydrogen (secondary N) is 1. The monoisotopic (exact) mass is 304 g/mol. The molecule has 0 bridgehead atoms. The molecule has 0 aliphatic carbocycles. The van der Waals surface area contributed by atoms with Crippen molar-refractivity contribution in [2.45, 2.75) is 19.5 Å². The quantitative estimate of drug-likeness (QED) is 0.849. The molecule has 1 aromatic carbocycles. The number of halogens is 3. The van der Waals surface area contributed by atoms with Crippen LogP contribution in [0.2, 0.25) is 0 Å². The average molecular weight is 304 g/mol. The fraction of sp³-hybridized carbons (Fsp3) is 0.500. The Hall–Kier alpha value is -1.76. The van der Waals surface area contributed by atoms with Crippen molar-refractivity contribution >= 4 is 11.6 Å². The zero-order valence-corrected chi connectivity index (χ0v) is 12.0. The summed E-state index contributed by atoms with van der Waals surface area (Å²) in [6.07, 6.45) is -4.15. The van der Waals surface area contributed by atoms with Crippen molar-refractivity contribution in [2.24, 2.45) is 0 Å². The smallest absolute Gasteiger partial charge is 0.396 e. The van der Waals surface area contributed by atoms with E-state index in [0.717, 1.165) is 6.07 Å². The lowest BCUT2D eigenvalue weighted by molar-refractivity contribution is -0.136. The number of aliphatic hydroxyl groups is 1. The molecule has 0 heterocycles. The molecule has 0 unspecified atom stereocenters. The summed E-state index contributed by atoms with van der Waals surface area (Å²) in [5.74, 6) is -0.485. The predicted octanol–water partition coefficient (Wildman–Crippen LogP) is 2.59. The number of benzene rings is 1. The molecule has 2 N–H and O–H groups in total. The van der Waals surface area contributed by atoms with E-state index in [0.29, 0.717) is 19.5 Å². The Bertz CT molecular complexity index is 490. The summed E-state index contributed by atoms with van der Waals surface area (Å²) in [4.78, 5) is 13.8. The predicted molar refractivity (Wildman–Crippen MR) is 74.3 cm³/mol. The maximum absolute atomic E-state index is 13.0. The number of hydrogen-bond acceptors (Lipinski definition) is 3. The van der Waals surface area contributed by atoms with E-state index in [9.17, 15) is 18.0 Å². The highest BCUT2D eigenvalue weighted by atomic mass is 19.4. The highest BCUT2D eigenvalue weighted by Gasteiger charge is 2.35. The average Bonchev–Trinajstić information content (AvgIpc) is 2.45. The third kappa shape index (κ3) is 4.10. The third-order valence-corrected chi connectivity index (χ3v) is 3.11. The van der Waals surface area contributed by atoms with E-state index in [-0.39, 0.29) is 17.9 Å². The van der Waals surface area contributed by atoms with Crippen molar-refractivity contribution in [1.82, 2.24) is 4.90 Å². The maximum Gasteiger partial charge on any atom is 0.418 e. The molecule has 1 amide bonds. The van der Waals surface area contributed by atoms with Gasteiger partial charge in [0.1, 0.15) is 0 Å². The molecular weight excluding hydrogens is 285 g/mol. The van der Waals surface area contributed by atoms with Crippen molar-refractivity contribution in [1.29, 1.82) is 0 Å². The number of carbonyl (C=O) groups is 1. The Morgan fingerprint density at radius 3 is 2.52 bits per heavy atom. The molecule has 0 radical (unpaired) electrons. The molecule has 7 heteroatoms. The van der Waals surface area contributed by atoms with E-state index in [1.54, 1.807) is 6.92 Å². The van der Waals surface area contributed by atoms with E-state index < -0.39 is 17.6 Å². The second-order valence-corrected chi connectivity index (χ2v) is 4.44. The minimum atomic E-state index is -4.53. The van der Waals surface area contributed by atoms with Crippen molar-refractivity contribution in [2.75, 3.05) is 32.1 Å². The second-order valence-electron chi connectivity index (χ2n) is 4.44. The molecule has 0 aromatic heterocycles. The second kappa shape index (κ2) is 7.31. The lowest BCUT2D eigenvalue weighted by Crippen LogP contribution is -2.33. The largest absolute Gasteiger partial charge is 0.418 e. The minimum Gasteiger partial charge on any atom is -0.396 e. The van der Waals surface area contributed by atoms with Crippen LogP contribution in [0.15, 0.2) is 18.2 Å². The molecule has 0 fully saturated rings.